The van der Waals surface area contributed by atoms with Gasteiger partial charge in [0, 0.05) is 28.6 Å². The average molecular weight is 349 g/mol. The first-order valence-corrected chi connectivity index (χ1v) is 7.56. The van der Waals surface area contributed by atoms with Gasteiger partial charge >= 0.3 is 0 Å². The predicted octanol–water partition coefficient (Wildman–Crippen LogP) is 4.27. The largest absolute Gasteiger partial charge is 0.491 e. The molecule has 1 atom stereocenters. The van der Waals surface area contributed by atoms with Crippen LogP contribution in [-0.2, 0) is 0 Å². The summed E-state index contributed by atoms with van der Waals surface area (Å²) in [6, 6.07) is 9.10. The summed E-state index contributed by atoms with van der Waals surface area (Å²) < 4.78 is 6.51. The van der Waals surface area contributed by atoms with Gasteiger partial charge in [0.2, 0.25) is 0 Å². The van der Waals surface area contributed by atoms with Gasteiger partial charge < -0.3 is 10.1 Å². The van der Waals surface area contributed by atoms with Gasteiger partial charge in [-0.3, -0.25) is 9.78 Å². The van der Waals surface area contributed by atoms with Crippen molar-refractivity contribution in [3.05, 3.63) is 52.8 Å². The van der Waals surface area contributed by atoms with E-state index in [1.165, 1.54) is 6.20 Å². The molecule has 0 spiro atoms. The number of nitrogens with zero attached hydrogens (tertiary/aromatic N) is 1. The number of amides is 1. The normalized spacial score (nSPS) is 11.8. The molecule has 4 nitrogen and oxygen atoms in total. The lowest BCUT2D eigenvalue weighted by Crippen LogP contribution is -2.13. The van der Waals surface area contributed by atoms with E-state index in [4.69, 9.17) is 4.74 Å². The number of ether oxygens (including phenoxy) is 1. The second-order valence-electron chi connectivity index (χ2n) is 4.71. The number of hydrogen-bond donors (Lipinski definition) is 1. The predicted molar refractivity (Wildman–Crippen MR) is 86.7 cm³/mol. The van der Waals surface area contributed by atoms with Crippen LogP contribution in [0, 0.1) is 0 Å². The Morgan fingerprint density at radius 1 is 1.38 bits per heavy atom. The topological polar surface area (TPSA) is 51.2 Å². The van der Waals surface area contributed by atoms with E-state index >= 15 is 0 Å². The highest BCUT2D eigenvalue weighted by atomic mass is 79.9. The van der Waals surface area contributed by atoms with E-state index in [1.807, 2.05) is 31.2 Å². The molecule has 0 radical (unpaired) electrons. The van der Waals surface area contributed by atoms with Gasteiger partial charge in [-0.05, 0) is 47.5 Å². The van der Waals surface area contributed by atoms with Crippen molar-refractivity contribution in [2.75, 3.05) is 5.32 Å². The summed E-state index contributed by atoms with van der Waals surface area (Å²) in [5.41, 5.74) is 1.19. The quantitative estimate of drug-likeness (QED) is 0.877. The zero-order valence-electron chi connectivity index (χ0n) is 12.0. The van der Waals surface area contributed by atoms with Gasteiger partial charge in [-0.15, -0.1) is 0 Å². The van der Waals surface area contributed by atoms with Gasteiger partial charge in [0.15, 0.2) is 0 Å². The van der Waals surface area contributed by atoms with E-state index in [0.29, 0.717) is 11.3 Å². The lowest BCUT2D eigenvalue weighted by atomic mass is 10.2. The summed E-state index contributed by atoms with van der Waals surface area (Å²) in [7, 11) is 0. The lowest BCUT2D eigenvalue weighted by molar-refractivity contribution is 0.102. The van der Waals surface area contributed by atoms with Crippen LogP contribution in [0.2, 0.25) is 0 Å². The zero-order chi connectivity index (χ0) is 15.2. The minimum atomic E-state index is -0.204. The Hall–Kier alpha value is -1.88. The molecular formula is C16H17BrN2O2. The third-order valence-electron chi connectivity index (χ3n) is 2.97. The summed E-state index contributed by atoms with van der Waals surface area (Å²) in [5, 5.41) is 2.84. The summed E-state index contributed by atoms with van der Waals surface area (Å²) in [4.78, 5) is 16.1. The minimum absolute atomic E-state index is 0.144. The van der Waals surface area contributed by atoms with Crippen LogP contribution >= 0.6 is 15.9 Å². The lowest BCUT2D eigenvalue weighted by Gasteiger charge is -2.13. The molecule has 2 aromatic rings. The summed E-state index contributed by atoms with van der Waals surface area (Å²) in [5.74, 6) is 0.541. The fourth-order valence-electron chi connectivity index (χ4n) is 1.70. The van der Waals surface area contributed by atoms with Crippen LogP contribution in [0.4, 0.5) is 5.69 Å². The molecule has 0 saturated heterocycles. The maximum absolute atomic E-state index is 12.1. The molecule has 2 rings (SSSR count). The maximum atomic E-state index is 12.1. The van der Waals surface area contributed by atoms with E-state index in [0.717, 1.165) is 16.6 Å². The van der Waals surface area contributed by atoms with E-state index in [-0.39, 0.29) is 12.0 Å². The first-order valence-electron chi connectivity index (χ1n) is 6.77. The molecule has 1 unspecified atom stereocenters. The Morgan fingerprint density at radius 2 is 2.19 bits per heavy atom. The molecule has 0 fully saturated rings. The van der Waals surface area contributed by atoms with Crippen molar-refractivity contribution in [1.82, 2.24) is 4.98 Å². The molecule has 0 bridgehead atoms. The molecule has 0 saturated carbocycles. The molecule has 21 heavy (non-hydrogen) atoms. The Labute approximate surface area is 132 Å². The van der Waals surface area contributed by atoms with E-state index in [2.05, 4.69) is 33.2 Å². The fourth-order valence-corrected chi connectivity index (χ4v) is 2.07. The number of anilines is 1. The van der Waals surface area contributed by atoms with Crippen LogP contribution in [-0.4, -0.2) is 17.0 Å². The number of nitrogens with one attached hydrogen (secondary N) is 1. The van der Waals surface area contributed by atoms with Crippen LogP contribution in [0.5, 0.6) is 5.75 Å². The van der Waals surface area contributed by atoms with Gasteiger partial charge in [-0.25, -0.2) is 0 Å². The van der Waals surface area contributed by atoms with Crippen molar-refractivity contribution >= 4 is 27.5 Å². The molecule has 1 amide bonds. The molecule has 0 aliphatic carbocycles. The summed E-state index contributed by atoms with van der Waals surface area (Å²) >= 11 is 3.30. The van der Waals surface area contributed by atoms with Crippen LogP contribution < -0.4 is 10.1 Å². The number of rotatable bonds is 5. The molecule has 0 aliphatic heterocycles. The Kier molecular flexibility index (Phi) is 5.33. The monoisotopic (exact) mass is 348 g/mol. The third-order valence-corrected chi connectivity index (χ3v) is 3.40. The number of aromatic nitrogens is 1. The smallest absolute Gasteiger partial charge is 0.257 e. The number of hydrogen-bond acceptors (Lipinski definition) is 3. The number of pyridine rings is 1. The van der Waals surface area contributed by atoms with Crippen molar-refractivity contribution in [3.8, 4) is 5.75 Å². The molecule has 1 aromatic heterocycles. The minimum Gasteiger partial charge on any atom is -0.491 e. The van der Waals surface area contributed by atoms with Crippen molar-refractivity contribution < 1.29 is 9.53 Å². The Bertz CT molecular complexity index is 631. The molecular weight excluding hydrogens is 332 g/mol. The van der Waals surface area contributed by atoms with Gasteiger partial charge in [0.1, 0.15) is 5.75 Å². The number of carbonyl (C=O) groups is 1. The first kappa shape index (κ1) is 15.5. The second-order valence-corrected chi connectivity index (χ2v) is 5.63. The zero-order valence-corrected chi connectivity index (χ0v) is 13.6. The number of benzene rings is 1. The average Bonchev–Trinajstić information content (AvgIpc) is 2.47. The molecule has 110 valence electrons. The molecule has 1 aromatic carbocycles. The SMILES string of the molecule is CCC(C)Oc1cccc(NC(=O)c2cncc(Br)c2)c1. The second kappa shape index (κ2) is 7.22. The van der Waals surface area contributed by atoms with E-state index in [1.54, 1.807) is 12.3 Å². The highest BCUT2D eigenvalue weighted by Crippen LogP contribution is 2.20. The highest BCUT2D eigenvalue weighted by molar-refractivity contribution is 9.10. The van der Waals surface area contributed by atoms with Gasteiger partial charge in [0.25, 0.3) is 5.91 Å². The molecule has 1 heterocycles. The van der Waals surface area contributed by atoms with E-state index < -0.39 is 0 Å². The summed E-state index contributed by atoms with van der Waals surface area (Å²) in [6.07, 6.45) is 4.24. The number of carbonyl (C=O) groups excluding carboxylic acids is 1. The highest BCUT2D eigenvalue weighted by Gasteiger charge is 2.08. The summed E-state index contributed by atoms with van der Waals surface area (Å²) in [6.45, 7) is 4.08. The van der Waals surface area contributed by atoms with Gasteiger partial charge in [-0.2, -0.15) is 0 Å². The van der Waals surface area contributed by atoms with Crippen LogP contribution in [0.3, 0.4) is 0 Å². The van der Waals surface area contributed by atoms with Crippen molar-refractivity contribution in [2.45, 2.75) is 26.4 Å². The molecule has 0 aliphatic rings. The first-order chi connectivity index (χ1) is 10.1. The van der Waals surface area contributed by atoms with Crippen molar-refractivity contribution in [2.24, 2.45) is 0 Å². The molecule has 1 N–H and O–H groups in total. The van der Waals surface area contributed by atoms with E-state index in [9.17, 15) is 4.79 Å². The maximum Gasteiger partial charge on any atom is 0.257 e. The standard InChI is InChI=1S/C16H17BrN2O2/c1-3-11(2)21-15-6-4-5-14(8-15)19-16(20)12-7-13(17)10-18-9-12/h4-11H,3H2,1-2H3,(H,19,20). The molecule has 5 heteroatoms. The van der Waals surface area contributed by atoms with Crippen LogP contribution in [0.1, 0.15) is 30.6 Å². The van der Waals surface area contributed by atoms with Crippen molar-refractivity contribution in [3.63, 3.8) is 0 Å². The Morgan fingerprint density at radius 3 is 2.90 bits per heavy atom. The fraction of sp³-hybridized carbons (Fsp3) is 0.250. The number of halogens is 1. The van der Waals surface area contributed by atoms with Crippen molar-refractivity contribution in [1.29, 1.82) is 0 Å². The third kappa shape index (κ3) is 4.56. The van der Waals surface area contributed by atoms with Gasteiger partial charge in [0.05, 0.1) is 11.7 Å². The Balaban J connectivity index is 2.09. The van der Waals surface area contributed by atoms with Gasteiger partial charge in [-0.1, -0.05) is 13.0 Å². The van der Waals surface area contributed by atoms with Crippen LogP contribution in [0.25, 0.3) is 0 Å². The van der Waals surface area contributed by atoms with Crippen LogP contribution in [0.15, 0.2) is 47.2 Å².